The number of sulfonamides is 1. The zero-order valence-electron chi connectivity index (χ0n) is 12.5. The molecule has 22 heavy (non-hydrogen) atoms. The van der Waals surface area contributed by atoms with Crippen LogP contribution in [0.5, 0.6) is 0 Å². The quantitative estimate of drug-likeness (QED) is 0.803. The summed E-state index contributed by atoms with van der Waals surface area (Å²) in [6, 6.07) is 5.06. The maximum absolute atomic E-state index is 12.5. The molecule has 0 heterocycles. The first kappa shape index (κ1) is 19.4. The molecule has 1 fully saturated rings. The Morgan fingerprint density at radius 1 is 1.14 bits per heavy atom. The van der Waals surface area contributed by atoms with Gasteiger partial charge in [-0.1, -0.05) is 0 Å². The second-order valence-corrected chi connectivity index (χ2v) is 9.42. The van der Waals surface area contributed by atoms with Crippen molar-refractivity contribution in [3.8, 4) is 0 Å². The first-order valence-electron chi connectivity index (χ1n) is 6.66. The number of likely N-dealkylation sites (N-methyl/N-ethyl adjacent to an activating group) is 1. The fourth-order valence-electron chi connectivity index (χ4n) is 2.32. The van der Waals surface area contributed by atoms with Gasteiger partial charge in [0.05, 0.1) is 9.79 Å². The van der Waals surface area contributed by atoms with E-state index in [2.05, 4.69) is 0 Å². The molecule has 1 atom stereocenters. The molecule has 0 bridgehead atoms. The van der Waals surface area contributed by atoms with Crippen molar-refractivity contribution < 1.29 is 16.8 Å². The maximum Gasteiger partial charge on any atom is 0.243 e. The number of benzene rings is 1. The van der Waals surface area contributed by atoms with E-state index in [-0.39, 0.29) is 34.8 Å². The van der Waals surface area contributed by atoms with Crippen molar-refractivity contribution in [3.63, 3.8) is 0 Å². The van der Waals surface area contributed by atoms with E-state index in [1.54, 1.807) is 0 Å². The Balaban J connectivity index is 0.00000242. The first-order chi connectivity index (χ1) is 9.67. The summed E-state index contributed by atoms with van der Waals surface area (Å²) in [5.74, 6) is 0.324. The summed E-state index contributed by atoms with van der Waals surface area (Å²) >= 11 is 0. The molecule has 0 aliphatic heterocycles. The van der Waals surface area contributed by atoms with Gasteiger partial charge in [0.25, 0.3) is 0 Å². The van der Waals surface area contributed by atoms with Gasteiger partial charge < -0.3 is 5.73 Å². The molecular formula is C13H21ClN2O4S2. The lowest BCUT2D eigenvalue weighted by Gasteiger charge is -2.26. The molecule has 9 heteroatoms. The lowest BCUT2D eigenvalue weighted by molar-refractivity contribution is 0.340. The molecule has 1 saturated carbocycles. The van der Waals surface area contributed by atoms with Crippen molar-refractivity contribution in [2.45, 2.75) is 28.7 Å². The maximum atomic E-state index is 12.5. The van der Waals surface area contributed by atoms with E-state index >= 15 is 0 Å². The largest absolute Gasteiger partial charge is 0.329 e. The van der Waals surface area contributed by atoms with Crippen LogP contribution in [0.25, 0.3) is 0 Å². The van der Waals surface area contributed by atoms with Crippen LogP contribution in [-0.4, -0.2) is 47.0 Å². The average Bonchev–Trinajstić information content (AvgIpc) is 3.23. The summed E-state index contributed by atoms with van der Waals surface area (Å²) in [5, 5.41) is 0. The van der Waals surface area contributed by atoms with Crippen molar-refractivity contribution >= 4 is 32.3 Å². The lowest BCUT2D eigenvalue weighted by atomic mass is 10.2. The van der Waals surface area contributed by atoms with Crippen molar-refractivity contribution in [2.75, 3.05) is 19.8 Å². The Bertz CT molecular complexity index is 713. The molecule has 126 valence electrons. The standard InChI is InChI=1S/C13H20N2O4S2.ClH/c1-15(13(9-14)10-3-4-10)21(18,19)12-7-5-11(6-8-12)20(2,16)17;/h5-8,10,13H,3-4,9,14H2,1-2H3;1H. The van der Waals surface area contributed by atoms with Crippen molar-refractivity contribution in [3.05, 3.63) is 24.3 Å². The highest BCUT2D eigenvalue weighted by Crippen LogP contribution is 2.36. The van der Waals surface area contributed by atoms with Gasteiger partial charge in [0.1, 0.15) is 0 Å². The van der Waals surface area contributed by atoms with Gasteiger partial charge >= 0.3 is 0 Å². The van der Waals surface area contributed by atoms with Gasteiger partial charge in [0.15, 0.2) is 9.84 Å². The number of hydrogen-bond donors (Lipinski definition) is 1. The number of hydrogen-bond acceptors (Lipinski definition) is 5. The van der Waals surface area contributed by atoms with Crippen LogP contribution in [0.2, 0.25) is 0 Å². The smallest absolute Gasteiger partial charge is 0.243 e. The molecule has 0 amide bonds. The number of rotatable bonds is 6. The van der Waals surface area contributed by atoms with E-state index in [1.165, 1.54) is 35.6 Å². The van der Waals surface area contributed by atoms with Crippen LogP contribution < -0.4 is 5.73 Å². The highest BCUT2D eigenvalue weighted by atomic mass is 35.5. The molecule has 0 saturated heterocycles. The zero-order valence-corrected chi connectivity index (χ0v) is 14.9. The van der Waals surface area contributed by atoms with Gasteiger partial charge in [-0.2, -0.15) is 4.31 Å². The Morgan fingerprint density at radius 2 is 1.59 bits per heavy atom. The highest BCUT2D eigenvalue weighted by Gasteiger charge is 2.38. The normalized spacial score (nSPS) is 17.1. The highest BCUT2D eigenvalue weighted by molar-refractivity contribution is 7.90. The van der Waals surface area contributed by atoms with Crippen LogP contribution in [0, 0.1) is 5.92 Å². The lowest BCUT2D eigenvalue weighted by Crippen LogP contribution is -2.43. The third-order valence-electron chi connectivity index (χ3n) is 3.80. The van der Waals surface area contributed by atoms with E-state index < -0.39 is 19.9 Å². The summed E-state index contributed by atoms with van der Waals surface area (Å²) in [4.78, 5) is 0.179. The van der Waals surface area contributed by atoms with Gasteiger partial charge in [-0.15, -0.1) is 12.4 Å². The molecule has 0 radical (unpaired) electrons. The van der Waals surface area contributed by atoms with E-state index in [0.717, 1.165) is 19.1 Å². The minimum Gasteiger partial charge on any atom is -0.329 e. The predicted molar refractivity (Wildman–Crippen MR) is 87.3 cm³/mol. The van der Waals surface area contributed by atoms with Crippen molar-refractivity contribution in [1.29, 1.82) is 0 Å². The van der Waals surface area contributed by atoms with Crippen LogP contribution >= 0.6 is 12.4 Å². The van der Waals surface area contributed by atoms with Gasteiger partial charge in [-0.25, -0.2) is 16.8 Å². The number of nitrogens with zero attached hydrogens (tertiary/aromatic N) is 1. The first-order valence-corrected chi connectivity index (χ1v) is 9.99. The van der Waals surface area contributed by atoms with Crippen LogP contribution in [0.1, 0.15) is 12.8 Å². The van der Waals surface area contributed by atoms with Crippen LogP contribution in [0.15, 0.2) is 34.1 Å². The molecule has 6 nitrogen and oxygen atoms in total. The van der Waals surface area contributed by atoms with Gasteiger partial charge in [0, 0.05) is 25.9 Å². The summed E-state index contributed by atoms with van der Waals surface area (Å²) in [6.45, 7) is 0.280. The Morgan fingerprint density at radius 3 is 1.95 bits per heavy atom. The van der Waals surface area contributed by atoms with Gasteiger partial charge in [-0.05, 0) is 43.0 Å². The molecule has 0 spiro atoms. The Hall–Kier alpha value is -0.670. The van der Waals surface area contributed by atoms with Crippen LogP contribution in [0.4, 0.5) is 0 Å². The summed E-state index contributed by atoms with van der Waals surface area (Å²) in [5.41, 5.74) is 5.69. The molecule has 2 rings (SSSR count). The third-order valence-corrected chi connectivity index (χ3v) is 6.83. The van der Waals surface area contributed by atoms with Crippen LogP contribution in [-0.2, 0) is 19.9 Å². The second-order valence-electron chi connectivity index (χ2n) is 5.41. The number of sulfone groups is 1. The monoisotopic (exact) mass is 368 g/mol. The van der Waals surface area contributed by atoms with Crippen molar-refractivity contribution in [1.82, 2.24) is 4.31 Å². The zero-order chi connectivity index (χ0) is 15.8. The predicted octanol–water partition coefficient (Wildman–Crippen LogP) is 0.870. The third kappa shape index (κ3) is 3.99. The Labute approximate surface area is 138 Å². The van der Waals surface area contributed by atoms with E-state index in [1.807, 2.05) is 0 Å². The number of nitrogens with two attached hydrogens (primary N) is 1. The summed E-state index contributed by atoms with van der Waals surface area (Å²) < 4.78 is 49.2. The topological polar surface area (TPSA) is 97.5 Å². The Kier molecular flexibility index (Phi) is 6.02. The molecular weight excluding hydrogens is 348 g/mol. The second kappa shape index (κ2) is 6.84. The van der Waals surface area contributed by atoms with Crippen LogP contribution in [0.3, 0.4) is 0 Å². The number of halogens is 1. The molecule has 1 aromatic rings. The minimum absolute atomic E-state index is 0. The molecule has 1 aliphatic carbocycles. The van der Waals surface area contributed by atoms with E-state index in [4.69, 9.17) is 5.73 Å². The molecule has 1 aromatic carbocycles. The molecule has 1 unspecified atom stereocenters. The summed E-state index contributed by atoms with van der Waals surface area (Å²) in [6.07, 6.45) is 3.07. The average molecular weight is 369 g/mol. The van der Waals surface area contributed by atoms with Gasteiger partial charge in [-0.3, -0.25) is 0 Å². The fraction of sp³-hybridized carbons (Fsp3) is 0.538. The van der Waals surface area contributed by atoms with E-state index in [9.17, 15) is 16.8 Å². The van der Waals surface area contributed by atoms with E-state index in [0.29, 0.717) is 5.92 Å². The fourth-order valence-corrected chi connectivity index (χ4v) is 4.38. The minimum atomic E-state index is -3.66. The van der Waals surface area contributed by atoms with Gasteiger partial charge in [0.2, 0.25) is 10.0 Å². The molecule has 0 aromatic heterocycles. The van der Waals surface area contributed by atoms with Crippen molar-refractivity contribution in [2.24, 2.45) is 11.7 Å². The summed E-state index contributed by atoms with van der Waals surface area (Å²) in [7, 11) is -5.47. The molecule has 2 N–H and O–H groups in total. The SMILES string of the molecule is CN(C(CN)C1CC1)S(=O)(=O)c1ccc(S(C)(=O)=O)cc1.Cl. The molecule has 1 aliphatic rings.